The van der Waals surface area contributed by atoms with Crippen LogP contribution >= 0.6 is 0 Å². The van der Waals surface area contributed by atoms with Crippen LogP contribution < -0.4 is 0 Å². The highest BCUT2D eigenvalue weighted by Gasteiger charge is 1.92. The fourth-order valence-electron chi connectivity index (χ4n) is 1.01. The normalized spacial score (nSPS) is 11.8. The molecule has 0 aliphatic rings. The Kier molecular flexibility index (Phi) is 12.7. The molecule has 0 spiro atoms. The molecule has 0 bridgehead atoms. The van der Waals surface area contributed by atoms with Gasteiger partial charge in [-0.2, -0.15) is 0 Å². The number of rotatable bonds is 4. The van der Waals surface area contributed by atoms with Gasteiger partial charge in [0.1, 0.15) is 0 Å². The molecule has 0 aliphatic carbocycles. The molecule has 13 heavy (non-hydrogen) atoms. The summed E-state index contributed by atoms with van der Waals surface area (Å²) >= 11 is 0. The third-order valence-corrected chi connectivity index (χ3v) is 1.70. The zero-order valence-corrected chi connectivity index (χ0v) is 9.85. The lowest BCUT2D eigenvalue weighted by Crippen LogP contribution is -1.81. The van der Waals surface area contributed by atoms with Gasteiger partial charge in [-0.05, 0) is 31.4 Å². The minimum absolute atomic E-state index is 1.15. The van der Waals surface area contributed by atoms with Gasteiger partial charge >= 0.3 is 0 Å². The molecule has 0 heterocycles. The summed E-state index contributed by atoms with van der Waals surface area (Å²) in [5.74, 6) is 0. The average Bonchev–Trinajstić information content (AvgIpc) is 2.19. The lowest BCUT2D eigenvalue weighted by atomic mass is 10.0. The highest BCUT2D eigenvalue weighted by atomic mass is 14.0. The van der Waals surface area contributed by atoms with Gasteiger partial charge in [0.25, 0.3) is 0 Å². The van der Waals surface area contributed by atoms with Gasteiger partial charge in [-0.1, -0.05) is 52.0 Å². The van der Waals surface area contributed by atoms with Gasteiger partial charge in [0.05, 0.1) is 0 Å². The Hall–Kier alpha value is -0.780. The Morgan fingerprint density at radius 3 is 2.15 bits per heavy atom. The molecule has 0 aromatic carbocycles. The van der Waals surface area contributed by atoms with Crippen molar-refractivity contribution in [1.29, 1.82) is 0 Å². The summed E-state index contributed by atoms with van der Waals surface area (Å²) in [6.45, 7) is 14.1. The summed E-state index contributed by atoms with van der Waals surface area (Å²) < 4.78 is 0. The van der Waals surface area contributed by atoms with E-state index in [0.29, 0.717) is 0 Å². The van der Waals surface area contributed by atoms with Crippen LogP contribution in [0.2, 0.25) is 0 Å². The zero-order chi connectivity index (χ0) is 10.7. The van der Waals surface area contributed by atoms with E-state index in [-0.39, 0.29) is 0 Å². The predicted molar refractivity (Wildman–Crippen MR) is 64.0 cm³/mol. The third-order valence-electron chi connectivity index (χ3n) is 1.70. The van der Waals surface area contributed by atoms with Crippen molar-refractivity contribution in [2.45, 2.75) is 47.5 Å². The highest BCUT2D eigenvalue weighted by molar-refractivity contribution is 5.30. The third kappa shape index (κ3) is 7.58. The van der Waals surface area contributed by atoms with E-state index in [1.54, 1.807) is 0 Å². The molecule has 0 amide bonds. The second-order valence-corrected chi connectivity index (χ2v) is 2.66. The maximum Gasteiger partial charge on any atom is -0.0279 e. The fraction of sp³-hybridized carbons (Fsp3) is 0.538. The van der Waals surface area contributed by atoms with Crippen molar-refractivity contribution >= 4 is 0 Å². The standard InChI is InChI=1S/C11H18.C2H6/c1-5-8-11(9-6-2)10(4)7-3;1-2/h5,7-8H,3,6,9H2,1-2,4H3;1-2H3/b8-5-,11-10+;. The first-order valence-electron chi connectivity index (χ1n) is 5.21. The number of hydrogen-bond acceptors (Lipinski definition) is 0. The van der Waals surface area contributed by atoms with Gasteiger partial charge in [0, 0.05) is 0 Å². The summed E-state index contributed by atoms with van der Waals surface area (Å²) in [6.07, 6.45) is 8.52. The van der Waals surface area contributed by atoms with E-state index in [0.717, 1.165) is 6.42 Å². The van der Waals surface area contributed by atoms with E-state index >= 15 is 0 Å². The number of allylic oxidation sites excluding steroid dienone is 5. The second-order valence-electron chi connectivity index (χ2n) is 2.66. The zero-order valence-electron chi connectivity index (χ0n) is 9.85. The molecule has 0 heteroatoms. The van der Waals surface area contributed by atoms with Crippen molar-refractivity contribution in [3.05, 3.63) is 36.0 Å². The molecule has 0 aliphatic heterocycles. The van der Waals surface area contributed by atoms with Gasteiger partial charge < -0.3 is 0 Å². The van der Waals surface area contributed by atoms with E-state index in [2.05, 4.69) is 32.6 Å². The fourth-order valence-corrected chi connectivity index (χ4v) is 1.01. The molecule has 0 N–H and O–H groups in total. The molecular weight excluding hydrogens is 156 g/mol. The topological polar surface area (TPSA) is 0 Å². The van der Waals surface area contributed by atoms with Crippen molar-refractivity contribution in [1.82, 2.24) is 0 Å². The maximum absolute atomic E-state index is 3.75. The molecule has 76 valence electrons. The van der Waals surface area contributed by atoms with E-state index in [1.165, 1.54) is 17.6 Å². The summed E-state index contributed by atoms with van der Waals surface area (Å²) in [6, 6.07) is 0. The van der Waals surface area contributed by atoms with Crippen LogP contribution in [0.5, 0.6) is 0 Å². The Bertz CT molecular complexity index is 170. The van der Waals surface area contributed by atoms with Crippen LogP contribution in [0.4, 0.5) is 0 Å². The monoisotopic (exact) mass is 180 g/mol. The molecule has 0 aromatic heterocycles. The molecule has 0 radical (unpaired) electrons. The minimum Gasteiger partial charge on any atom is -0.0988 e. The van der Waals surface area contributed by atoms with Crippen molar-refractivity contribution in [2.75, 3.05) is 0 Å². The Labute approximate surface area is 84.1 Å². The predicted octanol–water partition coefficient (Wildman–Crippen LogP) is 4.89. The van der Waals surface area contributed by atoms with Crippen LogP contribution in [0.15, 0.2) is 36.0 Å². The van der Waals surface area contributed by atoms with Crippen LogP contribution in [-0.4, -0.2) is 0 Å². The van der Waals surface area contributed by atoms with E-state index in [1.807, 2.05) is 26.8 Å². The van der Waals surface area contributed by atoms with Gasteiger partial charge in [0.15, 0.2) is 0 Å². The Morgan fingerprint density at radius 2 is 1.85 bits per heavy atom. The van der Waals surface area contributed by atoms with Crippen LogP contribution in [0, 0.1) is 0 Å². The molecule has 0 saturated carbocycles. The average molecular weight is 180 g/mol. The Morgan fingerprint density at radius 1 is 1.31 bits per heavy atom. The second kappa shape index (κ2) is 11.2. The quantitative estimate of drug-likeness (QED) is 0.540. The van der Waals surface area contributed by atoms with Crippen molar-refractivity contribution in [2.24, 2.45) is 0 Å². The van der Waals surface area contributed by atoms with E-state index in [9.17, 15) is 0 Å². The molecule has 0 rings (SSSR count). The lowest BCUT2D eigenvalue weighted by Gasteiger charge is -2.01. The molecule has 0 nitrogen and oxygen atoms in total. The molecule has 0 aromatic rings. The first-order chi connectivity index (χ1) is 6.26. The summed E-state index contributed by atoms with van der Waals surface area (Å²) in [5.41, 5.74) is 2.70. The Balaban J connectivity index is 0. The van der Waals surface area contributed by atoms with Crippen LogP contribution in [-0.2, 0) is 0 Å². The van der Waals surface area contributed by atoms with E-state index in [4.69, 9.17) is 0 Å². The van der Waals surface area contributed by atoms with Gasteiger partial charge in [0.2, 0.25) is 0 Å². The molecule has 0 fully saturated rings. The van der Waals surface area contributed by atoms with Gasteiger partial charge in [-0.3, -0.25) is 0 Å². The minimum atomic E-state index is 1.15. The van der Waals surface area contributed by atoms with Crippen molar-refractivity contribution in [3.63, 3.8) is 0 Å². The summed E-state index contributed by atoms with van der Waals surface area (Å²) in [5, 5.41) is 0. The largest absolute Gasteiger partial charge is 0.0988 e. The first kappa shape index (κ1) is 14.7. The van der Waals surface area contributed by atoms with Crippen molar-refractivity contribution < 1.29 is 0 Å². The lowest BCUT2D eigenvalue weighted by molar-refractivity contribution is 0.917. The summed E-state index contributed by atoms with van der Waals surface area (Å²) in [7, 11) is 0. The molecule has 0 atom stereocenters. The van der Waals surface area contributed by atoms with Crippen LogP contribution in [0.1, 0.15) is 47.5 Å². The smallest absolute Gasteiger partial charge is 0.0279 e. The summed E-state index contributed by atoms with van der Waals surface area (Å²) in [4.78, 5) is 0. The van der Waals surface area contributed by atoms with Gasteiger partial charge in [-0.15, -0.1) is 0 Å². The molecular formula is C13H24. The van der Waals surface area contributed by atoms with Crippen molar-refractivity contribution in [3.8, 4) is 0 Å². The maximum atomic E-state index is 3.75. The first-order valence-corrected chi connectivity index (χ1v) is 5.21. The van der Waals surface area contributed by atoms with Crippen LogP contribution in [0.3, 0.4) is 0 Å². The molecule has 0 saturated heterocycles. The molecule has 0 unspecified atom stereocenters. The van der Waals surface area contributed by atoms with Crippen LogP contribution in [0.25, 0.3) is 0 Å². The van der Waals surface area contributed by atoms with Gasteiger partial charge in [-0.25, -0.2) is 0 Å². The number of hydrogen-bond donors (Lipinski definition) is 0. The SMILES string of the molecule is C=C/C(C)=C(\C=C/C)CCC.CC. The highest BCUT2D eigenvalue weighted by Crippen LogP contribution is 2.12. The van der Waals surface area contributed by atoms with E-state index < -0.39 is 0 Å².